The molecule has 0 radical (unpaired) electrons. The van der Waals surface area contributed by atoms with Gasteiger partial charge in [0, 0.05) is 30.6 Å². The monoisotopic (exact) mass is 365 g/mol. The van der Waals surface area contributed by atoms with Gasteiger partial charge in [0.1, 0.15) is 0 Å². The number of likely N-dealkylation sites (tertiary alicyclic amines) is 1. The average molecular weight is 365 g/mol. The first-order chi connectivity index (χ1) is 13.1. The van der Waals surface area contributed by atoms with Crippen LogP contribution >= 0.6 is 0 Å². The summed E-state index contributed by atoms with van der Waals surface area (Å²) in [6, 6.07) is 9.68. The molecule has 7 heteroatoms. The highest BCUT2D eigenvalue weighted by atomic mass is 16.3. The maximum atomic E-state index is 13.0. The molecule has 1 aliphatic heterocycles. The Bertz CT molecular complexity index is 976. The Labute approximate surface area is 157 Å². The number of fused-ring (bicyclic) bond motifs is 1. The van der Waals surface area contributed by atoms with Gasteiger partial charge in [-0.05, 0) is 51.0 Å². The first kappa shape index (κ1) is 17.6. The molecule has 3 aromatic rings. The number of benzene rings is 1. The lowest BCUT2D eigenvalue weighted by atomic mass is 9.93. The number of aromatic nitrogens is 4. The highest BCUT2D eigenvalue weighted by Crippen LogP contribution is 2.24. The quantitative estimate of drug-likeness (QED) is 0.770. The topological polar surface area (TPSA) is 84.1 Å². The molecule has 0 saturated carbocycles. The fourth-order valence-electron chi connectivity index (χ4n) is 3.77. The van der Waals surface area contributed by atoms with Crippen molar-refractivity contribution in [3.63, 3.8) is 0 Å². The van der Waals surface area contributed by atoms with Crippen LogP contribution in [0.15, 0.2) is 36.5 Å². The van der Waals surface area contributed by atoms with Gasteiger partial charge in [-0.15, -0.1) is 5.10 Å². The van der Waals surface area contributed by atoms with Crippen molar-refractivity contribution in [1.29, 1.82) is 0 Å². The predicted molar refractivity (Wildman–Crippen MR) is 102 cm³/mol. The molecule has 27 heavy (non-hydrogen) atoms. The van der Waals surface area contributed by atoms with Gasteiger partial charge in [0.05, 0.1) is 23.0 Å². The molecule has 0 aliphatic carbocycles. The summed E-state index contributed by atoms with van der Waals surface area (Å²) in [6.07, 6.45) is 3.17. The number of hydrogen-bond donors (Lipinski definition) is 1. The molecule has 140 valence electrons. The Morgan fingerprint density at radius 1 is 1.30 bits per heavy atom. The third-order valence-electron chi connectivity index (χ3n) is 5.38. The van der Waals surface area contributed by atoms with E-state index in [1.165, 1.54) is 0 Å². The Balaban J connectivity index is 1.67. The van der Waals surface area contributed by atoms with E-state index in [9.17, 15) is 9.90 Å². The molecule has 0 spiro atoms. The Morgan fingerprint density at radius 3 is 2.96 bits per heavy atom. The Kier molecular flexibility index (Phi) is 4.61. The van der Waals surface area contributed by atoms with Crippen LogP contribution in [-0.4, -0.2) is 55.1 Å². The molecule has 0 bridgehead atoms. The lowest BCUT2D eigenvalue weighted by Crippen LogP contribution is -2.43. The van der Waals surface area contributed by atoms with Gasteiger partial charge in [0.15, 0.2) is 5.69 Å². The number of carbonyl (C=O) groups excluding carboxylic acids is 1. The van der Waals surface area contributed by atoms with Gasteiger partial charge in [0.25, 0.3) is 5.91 Å². The van der Waals surface area contributed by atoms with Crippen molar-refractivity contribution in [2.24, 2.45) is 5.92 Å². The SMILES string of the molecule is Cc1c(C(=O)N2CCC[C@@H]([C@@H](C)O)C2)nnn1-c1cccc2ncccc12. The summed E-state index contributed by atoms with van der Waals surface area (Å²) < 4.78 is 1.70. The van der Waals surface area contributed by atoms with Gasteiger partial charge in [-0.25, -0.2) is 4.68 Å². The van der Waals surface area contributed by atoms with Crippen LogP contribution in [-0.2, 0) is 0 Å². The Hall–Kier alpha value is -2.80. The fraction of sp³-hybridized carbons (Fsp3) is 0.400. The highest BCUT2D eigenvalue weighted by molar-refractivity contribution is 5.94. The number of amides is 1. The van der Waals surface area contributed by atoms with E-state index >= 15 is 0 Å². The number of piperidine rings is 1. The van der Waals surface area contributed by atoms with E-state index in [1.807, 2.05) is 37.3 Å². The largest absolute Gasteiger partial charge is 0.393 e. The summed E-state index contributed by atoms with van der Waals surface area (Å²) in [7, 11) is 0. The van der Waals surface area contributed by atoms with Crippen LogP contribution in [0.2, 0.25) is 0 Å². The normalized spacial score (nSPS) is 18.6. The third-order valence-corrected chi connectivity index (χ3v) is 5.38. The van der Waals surface area contributed by atoms with Crippen molar-refractivity contribution in [3.05, 3.63) is 47.9 Å². The van der Waals surface area contributed by atoms with Crippen LogP contribution in [0.25, 0.3) is 16.6 Å². The molecule has 7 nitrogen and oxygen atoms in total. The number of aliphatic hydroxyl groups excluding tert-OH is 1. The summed E-state index contributed by atoms with van der Waals surface area (Å²) in [5.41, 5.74) is 2.79. The van der Waals surface area contributed by atoms with Crippen LogP contribution in [0.3, 0.4) is 0 Å². The minimum absolute atomic E-state index is 0.113. The van der Waals surface area contributed by atoms with Crippen LogP contribution in [0, 0.1) is 12.8 Å². The van der Waals surface area contributed by atoms with Gasteiger partial charge < -0.3 is 10.0 Å². The second-order valence-corrected chi connectivity index (χ2v) is 7.18. The predicted octanol–water partition coefficient (Wildman–Crippen LogP) is 2.36. The van der Waals surface area contributed by atoms with E-state index in [0.29, 0.717) is 24.5 Å². The molecule has 0 unspecified atom stereocenters. The van der Waals surface area contributed by atoms with E-state index in [-0.39, 0.29) is 11.8 Å². The fourth-order valence-corrected chi connectivity index (χ4v) is 3.77. The molecule has 1 amide bonds. The first-order valence-electron chi connectivity index (χ1n) is 9.30. The van der Waals surface area contributed by atoms with Crippen molar-refractivity contribution in [1.82, 2.24) is 24.9 Å². The van der Waals surface area contributed by atoms with Crippen molar-refractivity contribution < 1.29 is 9.90 Å². The molecule has 2 aromatic heterocycles. The van der Waals surface area contributed by atoms with Gasteiger partial charge in [0.2, 0.25) is 0 Å². The zero-order chi connectivity index (χ0) is 19.0. The molecular weight excluding hydrogens is 342 g/mol. The summed E-state index contributed by atoms with van der Waals surface area (Å²) in [6.45, 7) is 4.89. The molecule has 1 fully saturated rings. The maximum Gasteiger partial charge on any atom is 0.276 e. The maximum absolute atomic E-state index is 13.0. The number of hydrogen-bond acceptors (Lipinski definition) is 5. The molecule has 1 aliphatic rings. The Morgan fingerprint density at radius 2 is 2.15 bits per heavy atom. The number of pyridine rings is 1. The molecule has 3 heterocycles. The molecule has 2 atom stereocenters. The minimum Gasteiger partial charge on any atom is -0.393 e. The zero-order valence-corrected chi connectivity index (χ0v) is 15.5. The smallest absolute Gasteiger partial charge is 0.276 e. The zero-order valence-electron chi connectivity index (χ0n) is 15.5. The lowest BCUT2D eigenvalue weighted by molar-refractivity contribution is 0.0461. The van der Waals surface area contributed by atoms with Crippen molar-refractivity contribution in [3.8, 4) is 5.69 Å². The van der Waals surface area contributed by atoms with Crippen molar-refractivity contribution in [2.45, 2.75) is 32.8 Å². The third kappa shape index (κ3) is 3.19. The summed E-state index contributed by atoms with van der Waals surface area (Å²) >= 11 is 0. The van der Waals surface area contributed by atoms with Gasteiger partial charge in [-0.3, -0.25) is 9.78 Å². The van der Waals surface area contributed by atoms with Gasteiger partial charge >= 0.3 is 0 Å². The summed E-state index contributed by atoms with van der Waals surface area (Å²) in [5.74, 6) is -0.00958. The molecule has 4 rings (SSSR count). The van der Waals surface area contributed by atoms with Crippen LogP contribution in [0.1, 0.15) is 35.9 Å². The standard InChI is InChI=1S/C20H23N5O2/c1-13-19(20(27)24-11-5-6-15(12-24)14(2)26)22-23-25(13)18-9-3-8-17-16(18)7-4-10-21-17/h3-4,7-10,14-15,26H,5-6,11-12H2,1-2H3/t14-,15-/m1/s1. The second-order valence-electron chi connectivity index (χ2n) is 7.18. The molecule has 1 aromatic carbocycles. The molecule has 1 saturated heterocycles. The highest BCUT2D eigenvalue weighted by Gasteiger charge is 2.30. The second kappa shape index (κ2) is 7.08. The minimum atomic E-state index is -0.416. The van der Waals surface area contributed by atoms with Crippen LogP contribution in [0.5, 0.6) is 0 Å². The van der Waals surface area contributed by atoms with E-state index in [0.717, 1.165) is 29.4 Å². The molecule has 1 N–H and O–H groups in total. The lowest BCUT2D eigenvalue weighted by Gasteiger charge is -2.33. The number of carbonyl (C=O) groups is 1. The number of rotatable bonds is 3. The number of nitrogens with zero attached hydrogens (tertiary/aromatic N) is 5. The molecular formula is C20H23N5O2. The van der Waals surface area contributed by atoms with Crippen LogP contribution in [0.4, 0.5) is 0 Å². The first-order valence-corrected chi connectivity index (χ1v) is 9.30. The number of aliphatic hydroxyl groups is 1. The van der Waals surface area contributed by atoms with E-state index in [4.69, 9.17) is 0 Å². The summed E-state index contributed by atoms with van der Waals surface area (Å²) in [4.78, 5) is 19.2. The van der Waals surface area contributed by atoms with Gasteiger partial charge in [-0.2, -0.15) is 0 Å². The van der Waals surface area contributed by atoms with E-state index in [2.05, 4.69) is 15.3 Å². The van der Waals surface area contributed by atoms with E-state index in [1.54, 1.807) is 22.7 Å². The van der Waals surface area contributed by atoms with Crippen LogP contribution < -0.4 is 0 Å². The average Bonchev–Trinajstić information content (AvgIpc) is 3.08. The van der Waals surface area contributed by atoms with E-state index < -0.39 is 6.10 Å². The van der Waals surface area contributed by atoms with Crippen molar-refractivity contribution >= 4 is 16.8 Å². The van der Waals surface area contributed by atoms with Gasteiger partial charge in [-0.1, -0.05) is 11.3 Å². The van der Waals surface area contributed by atoms with Crippen molar-refractivity contribution in [2.75, 3.05) is 13.1 Å². The summed E-state index contributed by atoms with van der Waals surface area (Å²) in [5, 5.41) is 19.3.